The Bertz CT molecular complexity index is 798. The third-order valence-electron chi connectivity index (χ3n) is 4.76. The minimum absolute atomic E-state index is 0.864. The van der Waals surface area contributed by atoms with E-state index >= 15 is 0 Å². The summed E-state index contributed by atoms with van der Waals surface area (Å²) in [5.74, 6) is 1.14. The molecule has 0 radical (unpaired) electrons. The molecule has 2 aromatic rings. The van der Waals surface area contributed by atoms with Gasteiger partial charge in [-0.1, -0.05) is 34.1 Å². The van der Waals surface area contributed by atoms with Crippen LogP contribution in [0.3, 0.4) is 0 Å². The van der Waals surface area contributed by atoms with Crippen molar-refractivity contribution in [3.05, 3.63) is 40.4 Å². The summed E-state index contributed by atoms with van der Waals surface area (Å²) in [5, 5.41) is 2.61. The van der Waals surface area contributed by atoms with Gasteiger partial charge in [0.25, 0.3) is 0 Å². The first-order valence-corrected chi connectivity index (χ1v) is 10.1. The van der Waals surface area contributed by atoms with E-state index in [1.165, 1.54) is 22.0 Å². The van der Waals surface area contributed by atoms with Crippen molar-refractivity contribution in [1.29, 1.82) is 0 Å². The molecule has 0 unspecified atom stereocenters. The highest BCUT2D eigenvalue weighted by Crippen LogP contribution is 2.40. The third-order valence-corrected chi connectivity index (χ3v) is 5.46. The average Bonchev–Trinajstić information content (AvgIpc) is 2.89. The van der Waals surface area contributed by atoms with E-state index in [0.29, 0.717) is 0 Å². The fourth-order valence-corrected chi connectivity index (χ4v) is 4.00. The highest BCUT2D eigenvalue weighted by Gasteiger charge is 2.28. The van der Waals surface area contributed by atoms with Gasteiger partial charge < -0.3 is 14.7 Å². The second-order valence-corrected chi connectivity index (χ2v) is 8.32. The van der Waals surface area contributed by atoms with E-state index in [-0.39, 0.29) is 0 Å². The molecule has 0 amide bonds. The number of halogens is 1. The van der Waals surface area contributed by atoms with E-state index in [4.69, 9.17) is 4.99 Å². The maximum atomic E-state index is 5.03. The van der Waals surface area contributed by atoms with Gasteiger partial charge in [0.15, 0.2) is 0 Å². The summed E-state index contributed by atoms with van der Waals surface area (Å²) in [6.07, 6.45) is 2.20. The van der Waals surface area contributed by atoms with Crippen molar-refractivity contribution in [2.24, 2.45) is 4.99 Å². The fraction of sp³-hybridized carbons (Fsp3) is 0.476. The minimum Gasteiger partial charge on any atom is -0.326 e. The van der Waals surface area contributed by atoms with Crippen LogP contribution in [0.4, 0.5) is 5.69 Å². The molecule has 0 atom stereocenters. The molecule has 2 aromatic carbocycles. The molecule has 3 rings (SSSR count). The van der Waals surface area contributed by atoms with E-state index in [1.807, 2.05) is 0 Å². The number of aliphatic imine (C=N–C) groups is 1. The molecule has 140 valence electrons. The highest BCUT2D eigenvalue weighted by atomic mass is 79.9. The number of hydrogen-bond acceptors (Lipinski definition) is 3. The molecule has 0 fully saturated rings. The molecule has 0 saturated heterocycles. The summed E-state index contributed by atoms with van der Waals surface area (Å²) in [7, 11) is 8.49. The molecule has 1 heterocycles. The van der Waals surface area contributed by atoms with E-state index < -0.39 is 0 Å². The largest absolute Gasteiger partial charge is 0.326 e. The summed E-state index contributed by atoms with van der Waals surface area (Å²) in [5.41, 5.74) is 2.57. The summed E-state index contributed by atoms with van der Waals surface area (Å²) >= 11 is 3.71. The van der Waals surface area contributed by atoms with Crippen LogP contribution >= 0.6 is 15.9 Å². The predicted molar refractivity (Wildman–Crippen MR) is 117 cm³/mol. The number of amidine groups is 1. The molecule has 0 bridgehead atoms. The third kappa shape index (κ3) is 4.11. The van der Waals surface area contributed by atoms with E-state index in [9.17, 15) is 0 Å². The van der Waals surface area contributed by atoms with Gasteiger partial charge in [-0.05, 0) is 71.6 Å². The Morgan fingerprint density at radius 2 is 1.69 bits per heavy atom. The molecule has 1 aliphatic heterocycles. The van der Waals surface area contributed by atoms with E-state index in [0.717, 1.165) is 49.3 Å². The standard InChI is InChI=1S/C21H29BrN4/c1-24(2)13-6-12-23-21-17-9-5-8-16-18(22)10-11-19(20(16)17)26(21)15-7-14-25(3)4/h5,8-11H,6-7,12-15H2,1-4H3. The molecule has 0 saturated carbocycles. The van der Waals surface area contributed by atoms with Crippen LogP contribution in [0, 0.1) is 0 Å². The fourth-order valence-electron chi connectivity index (χ4n) is 3.54. The Labute approximate surface area is 165 Å². The zero-order valence-corrected chi connectivity index (χ0v) is 17.9. The van der Waals surface area contributed by atoms with Crippen molar-refractivity contribution in [2.75, 3.05) is 59.3 Å². The van der Waals surface area contributed by atoms with Crippen molar-refractivity contribution in [3.63, 3.8) is 0 Å². The zero-order valence-electron chi connectivity index (χ0n) is 16.3. The van der Waals surface area contributed by atoms with Crippen LogP contribution in [0.2, 0.25) is 0 Å². The first kappa shape index (κ1) is 19.3. The molecule has 26 heavy (non-hydrogen) atoms. The van der Waals surface area contributed by atoms with Gasteiger partial charge in [-0.15, -0.1) is 0 Å². The molecule has 4 nitrogen and oxygen atoms in total. The quantitative estimate of drug-likeness (QED) is 0.605. The van der Waals surface area contributed by atoms with Gasteiger partial charge in [-0.3, -0.25) is 4.99 Å². The first-order valence-electron chi connectivity index (χ1n) is 9.32. The maximum Gasteiger partial charge on any atom is 0.136 e. The van der Waals surface area contributed by atoms with Crippen LogP contribution in [0.15, 0.2) is 39.8 Å². The van der Waals surface area contributed by atoms with Crippen LogP contribution in [0.25, 0.3) is 10.8 Å². The van der Waals surface area contributed by atoms with Gasteiger partial charge in [-0.2, -0.15) is 0 Å². The van der Waals surface area contributed by atoms with Gasteiger partial charge in [0.2, 0.25) is 0 Å². The van der Waals surface area contributed by atoms with Crippen molar-refractivity contribution in [2.45, 2.75) is 12.8 Å². The van der Waals surface area contributed by atoms with Gasteiger partial charge in [0, 0.05) is 28.5 Å². The molecule has 0 aliphatic carbocycles. The number of anilines is 1. The molecule has 5 heteroatoms. The summed E-state index contributed by atoms with van der Waals surface area (Å²) in [4.78, 5) is 11.9. The van der Waals surface area contributed by atoms with Crippen LogP contribution in [-0.4, -0.2) is 70.0 Å². The Morgan fingerprint density at radius 3 is 2.42 bits per heavy atom. The maximum absolute atomic E-state index is 5.03. The molecule has 0 spiro atoms. The average molecular weight is 417 g/mol. The number of benzene rings is 2. The highest BCUT2D eigenvalue weighted by molar-refractivity contribution is 9.10. The van der Waals surface area contributed by atoms with Crippen molar-refractivity contribution >= 4 is 38.2 Å². The second kappa shape index (κ2) is 8.51. The SMILES string of the molecule is CN(C)CCCN=C1c2cccc3c(Br)ccc(c23)N1CCCN(C)C. The number of hydrogen-bond donors (Lipinski definition) is 0. The minimum atomic E-state index is 0.864. The molecule has 1 aliphatic rings. The summed E-state index contributed by atoms with van der Waals surface area (Å²) in [6.45, 7) is 4.01. The number of rotatable bonds is 8. The molecular formula is C21H29BrN4. The second-order valence-electron chi connectivity index (χ2n) is 7.47. The lowest BCUT2D eigenvalue weighted by atomic mass is 10.1. The van der Waals surface area contributed by atoms with Crippen molar-refractivity contribution in [3.8, 4) is 0 Å². The van der Waals surface area contributed by atoms with E-state index in [1.54, 1.807) is 0 Å². The van der Waals surface area contributed by atoms with Crippen LogP contribution in [0.5, 0.6) is 0 Å². The van der Waals surface area contributed by atoms with Gasteiger partial charge >= 0.3 is 0 Å². The predicted octanol–water partition coefficient (Wildman–Crippen LogP) is 4.07. The van der Waals surface area contributed by atoms with Gasteiger partial charge in [0.05, 0.1) is 5.69 Å². The topological polar surface area (TPSA) is 22.1 Å². The van der Waals surface area contributed by atoms with E-state index in [2.05, 4.69) is 89.2 Å². The molecular weight excluding hydrogens is 388 g/mol. The van der Waals surface area contributed by atoms with Crippen molar-refractivity contribution in [1.82, 2.24) is 9.80 Å². The van der Waals surface area contributed by atoms with Gasteiger partial charge in [0.1, 0.15) is 5.84 Å². The van der Waals surface area contributed by atoms with Crippen molar-refractivity contribution < 1.29 is 0 Å². The molecule has 0 N–H and O–H groups in total. The monoisotopic (exact) mass is 416 g/mol. The first-order chi connectivity index (χ1) is 12.5. The smallest absolute Gasteiger partial charge is 0.136 e. The molecule has 0 aromatic heterocycles. The van der Waals surface area contributed by atoms with Crippen LogP contribution < -0.4 is 4.90 Å². The Morgan fingerprint density at radius 1 is 0.962 bits per heavy atom. The summed E-state index contributed by atoms with van der Waals surface area (Å²) < 4.78 is 1.15. The number of nitrogens with zero attached hydrogens (tertiary/aromatic N) is 4. The lowest BCUT2D eigenvalue weighted by Crippen LogP contribution is -2.31. The Balaban J connectivity index is 1.92. The lowest BCUT2D eigenvalue weighted by molar-refractivity contribution is 0.402. The zero-order chi connectivity index (χ0) is 18.7. The Hall–Kier alpha value is -1.43. The normalized spacial score (nSPS) is 15.2. The van der Waals surface area contributed by atoms with Gasteiger partial charge in [-0.25, -0.2) is 0 Å². The Kier molecular flexibility index (Phi) is 6.33. The van der Waals surface area contributed by atoms with Crippen LogP contribution in [0.1, 0.15) is 18.4 Å². The lowest BCUT2D eigenvalue weighted by Gasteiger charge is -2.22. The van der Waals surface area contributed by atoms with Crippen LogP contribution in [-0.2, 0) is 0 Å². The summed E-state index contributed by atoms with van der Waals surface area (Å²) in [6, 6.07) is 10.9.